The molecular formula is C29H34N2O4S. The van der Waals surface area contributed by atoms with Crippen molar-refractivity contribution in [1.82, 2.24) is 5.32 Å². The fraction of sp³-hybridized carbons (Fsp3) is 0.345. The summed E-state index contributed by atoms with van der Waals surface area (Å²) in [5.74, 6) is 0.0181. The number of carbonyl (C=O) groups is 1. The molecule has 0 fully saturated rings. The standard InChI is InChI=1S/C29H34N2O4S/c1-28(2,3)22-16-17-25-24(18-22)31(36(33,34)23-14-10-7-11-15-23)20-26(35-25)27(32)30-29(4,5)19-21-12-8-6-9-13-21/h6-18,26H,19-20H2,1-5H3,(H,30,32)/t26-/m1/s1. The van der Waals surface area contributed by atoms with Gasteiger partial charge in [0.1, 0.15) is 5.75 Å². The molecule has 6 nitrogen and oxygen atoms in total. The Morgan fingerprint density at radius 3 is 2.17 bits per heavy atom. The zero-order chi connectivity index (χ0) is 26.1. The summed E-state index contributed by atoms with van der Waals surface area (Å²) in [5, 5.41) is 3.07. The van der Waals surface area contributed by atoms with E-state index >= 15 is 0 Å². The summed E-state index contributed by atoms with van der Waals surface area (Å²) in [6.07, 6.45) is -0.365. The van der Waals surface area contributed by atoms with Crippen LogP contribution in [-0.2, 0) is 26.7 Å². The second kappa shape index (κ2) is 9.62. The van der Waals surface area contributed by atoms with Gasteiger partial charge in [-0.2, -0.15) is 0 Å². The number of ether oxygens (including phenoxy) is 1. The summed E-state index contributed by atoms with van der Waals surface area (Å²) in [4.78, 5) is 13.6. The zero-order valence-corrected chi connectivity index (χ0v) is 22.3. The average molecular weight is 507 g/mol. The highest BCUT2D eigenvalue weighted by Gasteiger charge is 2.39. The van der Waals surface area contributed by atoms with Crippen LogP contribution in [0, 0.1) is 0 Å². The summed E-state index contributed by atoms with van der Waals surface area (Å²) >= 11 is 0. The molecule has 4 rings (SSSR count). The van der Waals surface area contributed by atoms with Crippen molar-refractivity contribution in [1.29, 1.82) is 0 Å². The smallest absolute Gasteiger partial charge is 0.264 e. The summed E-state index contributed by atoms with van der Waals surface area (Å²) in [6.45, 7) is 9.98. The number of anilines is 1. The van der Waals surface area contributed by atoms with E-state index in [0.29, 0.717) is 17.9 Å². The number of sulfonamides is 1. The predicted octanol–water partition coefficient (Wildman–Crippen LogP) is 5.08. The molecule has 36 heavy (non-hydrogen) atoms. The van der Waals surface area contributed by atoms with Gasteiger partial charge in [-0.25, -0.2) is 8.42 Å². The van der Waals surface area contributed by atoms with E-state index in [0.717, 1.165) is 11.1 Å². The molecule has 0 spiro atoms. The molecule has 1 aliphatic heterocycles. The van der Waals surface area contributed by atoms with E-state index in [-0.39, 0.29) is 22.8 Å². The van der Waals surface area contributed by atoms with E-state index < -0.39 is 21.7 Å². The summed E-state index contributed by atoms with van der Waals surface area (Å²) < 4.78 is 34.9. The van der Waals surface area contributed by atoms with Crippen LogP contribution >= 0.6 is 0 Å². The number of hydrogen-bond donors (Lipinski definition) is 1. The number of nitrogens with zero attached hydrogens (tertiary/aromatic N) is 1. The van der Waals surface area contributed by atoms with Gasteiger partial charge < -0.3 is 10.1 Å². The molecule has 1 heterocycles. The van der Waals surface area contributed by atoms with Crippen LogP contribution < -0.4 is 14.4 Å². The molecule has 0 radical (unpaired) electrons. The van der Waals surface area contributed by atoms with Crippen LogP contribution in [0.3, 0.4) is 0 Å². The minimum Gasteiger partial charge on any atom is -0.476 e. The molecule has 1 atom stereocenters. The van der Waals surface area contributed by atoms with Crippen LogP contribution in [0.5, 0.6) is 5.75 Å². The highest BCUT2D eigenvalue weighted by molar-refractivity contribution is 7.92. The van der Waals surface area contributed by atoms with Crippen molar-refractivity contribution in [2.45, 2.75) is 63.0 Å². The average Bonchev–Trinajstić information content (AvgIpc) is 2.83. The molecule has 1 aliphatic rings. The van der Waals surface area contributed by atoms with Gasteiger partial charge in [-0.1, -0.05) is 75.4 Å². The first-order valence-corrected chi connectivity index (χ1v) is 13.6. The Bertz CT molecular complexity index is 1330. The lowest BCUT2D eigenvalue weighted by molar-refractivity contribution is -0.129. The maximum absolute atomic E-state index is 13.7. The van der Waals surface area contributed by atoms with Crippen molar-refractivity contribution in [3.8, 4) is 5.75 Å². The predicted molar refractivity (Wildman–Crippen MR) is 143 cm³/mol. The van der Waals surface area contributed by atoms with Gasteiger partial charge in [0.15, 0.2) is 6.10 Å². The molecule has 190 valence electrons. The van der Waals surface area contributed by atoms with Crippen LogP contribution in [0.2, 0.25) is 0 Å². The second-order valence-corrected chi connectivity index (χ2v) is 12.8. The molecular weight excluding hydrogens is 472 g/mol. The SMILES string of the molecule is CC(C)(Cc1ccccc1)NC(=O)[C@H]1CN(S(=O)(=O)c2ccccc2)c2cc(C(C)(C)C)ccc2O1. The van der Waals surface area contributed by atoms with E-state index in [1.165, 1.54) is 4.31 Å². The maximum Gasteiger partial charge on any atom is 0.264 e. The number of hydrogen-bond acceptors (Lipinski definition) is 4. The van der Waals surface area contributed by atoms with Crippen LogP contribution in [0.4, 0.5) is 5.69 Å². The van der Waals surface area contributed by atoms with Gasteiger partial charge in [-0.15, -0.1) is 0 Å². The number of amides is 1. The third kappa shape index (κ3) is 5.57. The van der Waals surface area contributed by atoms with Crippen molar-refractivity contribution in [3.05, 3.63) is 90.0 Å². The summed E-state index contributed by atoms with van der Waals surface area (Å²) in [5.41, 5.74) is 1.78. The van der Waals surface area contributed by atoms with Gasteiger partial charge in [0.25, 0.3) is 15.9 Å². The van der Waals surface area contributed by atoms with Crippen LogP contribution in [0.25, 0.3) is 0 Å². The molecule has 1 amide bonds. The van der Waals surface area contributed by atoms with Gasteiger partial charge in [-0.3, -0.25) is 9.10 Å². The third-order valence-electron chi connectivity index (χ3n) is 6.27. The number of carbonyl (C=O) groups excluding carboxylic acids is 1. The van der Waals surface area contributed by atoms with Crippen molar-refractivity contribution in [3.63, 3.8) is 0 Å². The minimum atomic E-state index is -3.92. The lowest BCUT2D eigenvalue weighted by Crippen LogP contribution is -2.55. The molecule has 3 aromatic carbocycles. The van der Waals surface area contributed by atoms with E-state index in [4.69, 9.17) is 4.74 Å². The van der Waals surface area contributed by atoms with Crippen LogP contribution in [0.1, 0.15) is 45.7 Å². The zero-order valence-electron chi connectivity index (χ0n) is 21.5. The third-order valence-corrected chi connectivity index (χ3v) is 8.06. The van der Waals surface area contributed by atoms with Crippen molar-refractivity contribution >= 4 is 21.6 Å². The number of nitrogens with one attached hydrogen (secondary N) is 1. The molecule has 3 aromatic rings. The minimum absolute atomic E-state index is 0.120. The first kappa shape index (κ1) is 25.8. The Balaban J connectivity index is 1.67. The molecule has 0 saturated carbocycles. The van der Waals surface area contributed by atoms with Gasteiger partial charge in [0, 0.05) is 5.54 Å². The number of fused-ring (bicyclic) bond motifs is 1. The maximum atomic E-state index is 13.7. The number of benzene rings is 3. The van der Waals surface area contributed by atoms with E-state index in [1.807, 2.05) is 56.3 Å². The summed E-state index contributed by atoms with van der Waals surface area (Å²) in [7, 11) is -3.92. The Labute approximate surface area is 214 Å². The topological polar surface area (TPSA) is 75.7 Å². The van der Waals surface area contributed by atoms with Gasteiger partial charge in [0.05, 0.1) is 17.1 Å². The fourth-order valence-electron chi connectivity index (χ4n) is 4.37. The molecule has 1 N–H and O–H groups in total. The first-order chi connectivity index (χ1) is 16.9. The lowest BCUT2D eigenvalue weighted by Gasteiger charge is -2.37. The second-order valence-electron chi connectivity index (χ2n) is 10.9. The highest BCUT2D eigenvalue weighted by Crippen LogP contribution is 2.40. The van der Waals surface area contributed by atoms with E-state index in [2.05, 4.69) is 26.1 Å². The van der Waals surface area contributed by atoms with Crippen molar-refractivity contribution in [2.75, 3.05) is 10.8 Å². The Morgan fingerprint density at radius 2 is 1.56 bits per heavy atom. The largest absolute Gasteiger partial charge is 0.476 e. The molecule has 0 aromatic heterocycles. The quantitative estimate of drug-likeness (QED) is 0.506. The Morgan fingerprint density at radius 1 is 0.944 bits per heavy atom. The lowest BCUT2D eigenvalue weighted by atomic mass is 9.86. The first-order valence-electron chi connectivity index (χ1n) is 12.1. The van der Waals surface area contributed by atoms with Gasteiger partial charge in [0.2, 0.25) is 0 Å². The molecule has 0 aliphatic carbocycles. The fourth-order valence-corrected chi connectivity index (χ4v) is 5.85. The normalized spacial score (nSPS) is 16.1. The van der Waals surface area contributed by atoms with E-state index in [9.17, 15) is 13.2 Å². The molecule has 0 bridgehead atoms. The Hall–Kier alpha value is -3.32. The number of rotatable bonds is 6. The molecule has 0 unspecified atom stereocenters. The van der Waals surface area contributed by atoms with Gasteiger partial charge in [-0.05, 0) is 61.1 Å². The Kier molecular flexibility index (Phi) is 6.88. The van der Waals surface area contributed by atoms with Crippen LogP contribution in [-0.4, -0.2) is 32.5 Å². The molecule has 0 saturated heterocycles. The van der Waals surface area contributed by atoms with E-state index in [1.54, 1.807) is 36.4 Å². The highest BCUT2D eigenvalue weighted by atomic mass is 32.2. The van der Waals surface area contributed by atoms with Gasteiger partial charge >= 0.3 is 0 Å². The molecule has 7 heteroatoms. The van der Waals surface area contributed by atoms with Crippen molar-refractivity contribution < 1.29 is 17.9 Å². The van der Waals surface area contributed by atoms with Crippen LogP contribution in [0.15, 0.2) is 83.8 Å². The summed E-state index contributed by atoms with van der Waals surface area (Å²) in [6, 6.07) is 23.7. The van der Waals surface area contributed by atoms with Crippen molar-refractivity contribution in [2.24, 2.45) is 0 Å². The monoisotopic (exact) mass is 506 g/mol.